The molecule has 0 spiro atoms. The Labute approximate surface area is 74.4 Å². The second-order valence-electron chi connectivity index (χ2n) is 3.29. The number of rotatable bonds is 5. The van der Waals surface area contributed by atoms with E-state index in [9.17, 15) is 0 Å². The smallest absolute Gasteiger partial charge is 0.0222 e. The zero-order valence-corrected chi connectivity index (χ0v) is 7.93. The lowest BCUT2D eigenvalue weighted by atomic mass is 10.2. The topological polar surface area (TPSA) is 27.8 Å². The van der Waals surface area contributed by atoms with Crippen molar-refractivity contribution in [3.8, 4) is 0 Å². The van der Waals surface area contributed by atoms with Crippen LogP contribution >= 0.6 is 0 Å². The Morgan fingerprint density at radius 3 is 3.00 bits per heavy atom. The number of hydrogen-bond donors (Lipinski definition) is 2. The molecule has 2 heteroatoms. The summed E-state index contributed by atoms with van der Waals surface area (Å²) in [5.41, 5.74) is 1.33. The summed E-state index contributed by atoms with van der Waals surface area (Å²) in [6.07, 6.45) is 6.50. The number of nitrogens with one attached hydrogen (secondary N) is 2. The SMILES string of the molecule is CCCC(C)NCc1cc[nH]c1. The molecule has 0 saturated carbocycles. The predicted molar refractivity (Wildman–Crippen MR) is 52.0 cm³/mol. The molecule has 0 fully saturated rings. The summed E-state index contributed by atoms with van der Waals surface area (Å²) in [5, 5.41) is 3.47. The van der Waals surface area contributed by atoms with Crippen molar-refractivity contribution in [2.45, 2.75) is 39.3 Å². The van der Waals surface area contributed by atoms with Crippen LogP contribution in [0, 0.1) is 0 Å². The fourth-order valence-electron chi connectivity index (χ4n) is 1.30. The van der Waals surface area contributed by atoms with E-state index >= 15 is 0 Å². The molecule has 0 aliphatic rings. The van der Waals surface area contributed by atoms with E-state index in [0.717, 1.165) is 6.54 Å². The predicted octanol–water partition coefficient (Wildman–Crippen LogP) is 2.29. The lowest BCUT2D eigenvalue weighted by Gasteiger charge is -2.11. The van der Waals surface area contributed by atoms with E-state index in [0.29, 0.717) is 6.04 Å². The molecule has 12 heavy (non-hydrogen) atoms. The van der Waals surface area contributed by atoms with Crippen LogP contribution in [0.5, 0.6) is 0 Å². The summed E-state index contributed by atoms with van der Waals surface area (Å²) in [5.74, 6) is 0. The van der Waals surface area contributed by atoms with Gasteiger partial charge in [0.2, 0.25) is 0 Å². The van der Waals surface area contributed by atoms with E-state index in [4.69, 9.17) is 0 Å². The van der Waals surface area contributed by atoms with Gasteiger partial charge in [-0.1, -0.05) is 13.3 Å². The number of H-pyrrole nitrogens is 1. The molecule has 0 saturated heterocycles. The minimum Gasteiger partial charge on any atom is -0.367 e. The lowest BCUT2D eigenvalue weighted by molar-refractivity contribution is 0.508. The van der Waals surface area contributed by atoms with Crippen molar-refractivity contribution in [1.29, 1.82) is 0 Å². The third-order valence-electron chi connectivity index (χ3n) is 2.04. The Balaban J connectivity index is 2.17. The fraction of sp³-hybridized carbons (Fsp3) is 0.600. The zero-order valence-electron chi connectivity index (χ0n) is 7.93. The maximum atomic E-state index is 3.47. The minimum absolute atomic E-state index is 0.630. The molecule has 1 heterocycles. The molecule has 2 N–H and O–H groups in total. The van der Waals surface area contributed by atoms with E-state index in [2.05, 4.69) is 30.2 Å². The second-order valence-corrected chi connectivity index (χ2v) is 3.29. The van der Waals surface area contributed by atoms with Crippen LogP contribution in [0.1, 0.15) is 32.3 Å². The molecule has 1 rings (SSSR count). The first-order valence-electron chi connectivity index (χ1n) is 4.68. The first kappa shape index (κ1) is 9.33. The van der Waals surface area contributed by atoms with E-state index in [1.54, 1.807) is 0 Å². The number of hydrogen-bond acceptors (Lipinski definition) is 1. The molecule has 2 nitrogen and oxygen atoms in total. The first-order valence-corrected chi connectivity index (χ1v) is 4.68. The van der Waals surface area contributed by atoms with E-state index < -0.39 is 0 Å². The van der Waals surface area contributed by atoms with Crippen LogP contribution in [0.15, 0.2) is 18.5 Å². The fourth-order valence-corrected chi connectivity index (χ4v) is 1.30. The molecule has 1 atom stereocenters. The second kappa shape index (κ2) is 4.99. The maximum Gasteiger partial charge on any atom is 0.0222 e. The summed E-state index contributed by atoms with van der Waals surface area (Å²) in [7, 11) is 0. The van der Waals surface area contributed by atoms with Gasteiger partial charge in [0.25, 0.3) is 0 Å². The van der Waals surface area contributed by atoms with Gasteiger partial charge in [0, 0.05) is 25.0 Å². The highest BCUT2D eigenvalue weighted by Crippen LogP contribution is 1.99. The van der Waals surface area contributed by atoms with Crippen LogP contribution in [0.3, 0.4) is 0 Å². The van der Waals surface area contributed by atoms with Crippen LogP contribution in [0.2, 0.25) is 0 Å². The van der Waals surface area contributed by atoms with E-state index in [1.807, 2.05) is 12.4 Å². The zero-order chi connectivity index (χ0) is 8.81. The van der Waals surface area contributed by atoms with Gasteiger partial charge in [-0.2, -0.15) is 0 Å². The summed E-state index contributed by atoms with van der Waals surface area (Å²) in [6, 6.07) is 2.73. The standard InChI is InChI=1S/C10H18N2/c1-3-4-9(2)12-8-10-5-6-11-7-10/h5-7,9,11-12H,3-4,8H2,1-2H3. The van der Waals surface area contributed by atoms with Crippen molar-refractivity contribution in [2.75, 3.05) is 0 Å². The molecular weight excluding hydrogens is 148 g/mol. The van der Waals surface area contributed by atoms with Gasteiger partial charge >= 0.3 is 0 Å². The molecule has 68 valence electrons. The highest BCUT2D eigenvalue weighted by atomic mass is 14.9. The van der Waals surface area contributed by atoms with Gasteiger partial charge < -0.3 is 10.3 Å². The molecule has 0 aromatic carbocycles. The van der Waals surface area contributed by atoms with Gasteiger partial charge in [-0.25, -0.2) is 0 Å². The van der Waals surface area contributed by atoms with Crippen molar-refractivity contribution in [3.05, 3.63) is 24.0 Å². The average Bonchev–Trinajstić information content (AvgIpc) is 2.53. The Hall–Kier alpha value is -0.760. The van der Waals surface area contributed by atoms with Gasteiger partial charge in [-0.05, 0) is 25.0 Å². The lowest BCUT2D eigenvalue weighted by Crippen LogP contribution is -2.24. The molecule has 1 aromatic heterocycles. The highest BCUT2D eigenvalue weighted by Gasteiger charge is 1.98. The summed E-state index contributed by atoms with van der Waals surface area (Å²) >= 11 is 0. The molecule has 0 bridgehead atoms. The van der Waals surface area contributed by atoms with Crippen LogP contribution < -0.4 is 5.32 Å². The molecule has 0 radical (unpaired) electrons. The molecule has 0 aliphatic carbocycles. The third-order valence-corrected chi connectivity index (χ3v) is 2.04. The Morgan fingerprint density at radius 2 is 2.42 bits per heavy atom. The van der Waals surface area contributed by atoms with Gasteiger partial charge in [0.1, 0.15) is 0 Å². The van der Waals surface area contributed by atoms with E-state index in [-0.39, 0.29) is 0 Å². The van der Waals surface area contributed by atoms with E-state index in [1.165, 1.54) is 18.4 Å². The van der Waals surface area contributed by atoms with Crippen LogP contribution in [0.25, 0.3) is 0 Å². The molecule has 1 aromatic rings. The largest absolute Gasteiger partial charge is 0.367 e. The number of aromatic amines is 1. The summed E-state index contributed by atoms with van der Waals surface area (Å²) in [6.45, 7) is 5.43. The maximum absolute atomic E-state index is 3.47. The molecular formula is C10H18N2. The summed E-state index contributed by atoms with van der Waals surface area (Å²) < 4.78 is 0. The van der Waals surface area contributed by atoms with Gasteiger partial charge in [-0.3, -0.25) is 0 Å². The average molecular weight is 166 g/mol. The number of aromatic nitrogens is 1. The summed E-state index contributed by atoms with van der Waals surface area (Å²) in [4.78, 5) is 3.05. The van der Waals surface area contributed by atoms with Crippen molar-refractivity contribution in [1.82, 2.24) is 10.3 Å². The van der Waals surface area contributed by atoms with Crippen LogP contribution in [0.4, 0.5) is 0 Å². The Kier molecular flexibility index (Phi) is 3.88. The minimum atomic E-state index is 0.630. The highest BCUT2D eigenvalue weighted by molar-refractivity contribution is 5.07. The van der Waals surface area contributed by atoms with Crippen molar-refractivity contribution in [3.63, 3.8) is 0 Å². The van der Waals surface area contributed by atoms with Crippen molar-refractivity contribution < 1.29 is 0 Å². The first-order chi connectivity index (χ1) is 5.83. The van der Waals surface area contributed by atoms with Crippen LogP contribution in [-0.2, 0) is 6.54 Å². The Morgan fingerprint density at radius 1 is 1.58 bits per heavy atom. The van der Waals surface area contributed by atoms with Gasteiger partial charge in [0.15, 0.2) is 0 Å². The van der Waals surface area contributed by atoms with Crippen LogP contribution in [-0.4, -0.2) is 11.0 Å². The molecule has 1 unspecified atom stereocenters. The normalized spacial score (nSPS) is 13.2. The monoisotopic (exact) mass is 166 g/mol. The third kappa shape index (κ3) is 3.09. The van der Waals surface area contributed by atoms with Gasteiger partial charge in [0.05, 0.1) is 0 Å². The van der Waals surface area contributed by atoms with Gasteiger partial charge in [-0.15, -0.1) is 0 Å². The Bertz CT molecular complexity index is 192. The molecule has 0 aliphatic heterocycles. The van der Waals surface area contributed by atoms with Crippen molar-refractivity contribution in [2.24, 2.45) is 0 Å². The quantitative estimate of drug-likeness (QED) is 0.690. The molecule has 0 amide bonds. The van der Waals surface area contributed by atoms with Crippen molar-refractivity contribution >= 4 is 0 Å².